The molecule has 0 amide bonds. The molecule has 0 radical (unpaired) electrons. The smallest absolute Gasteiger partial charge is 0.137 e. The number of nitrogens with zero attached hydrogens (tertiary/aromatic N) is 2. The summed E-state index contributed by atoms with van der Waals surface area (Å²) < 4.78 is 5.41. The minimum Gasteiger partial charge on any atom is -0.492 e. The molecule has 0 aliphatic rings. The molecule has 106 valence electrons. The van der Waals surface area contributed by atoms with E-state index in [9.17, 15) is 5.11 Å². The molecule has 1 aromatic heterocycles. The van der Waals surface area contributed by atoms with E-state index in [-0.39, 0.29) is 0 Å². The zero-order chi connectivity index (χ0) is 14.5. The third kappa shape index (κ3) is 3.27. The van der Waals surface area contributed by atoms with Crippen molar-refractivity contribution in [2.24, 2.45) is 0 Å². The second kappa shape index (κ2) is 6.39. The van der Waals surface area contributed by atoms with Crippen LogP contribution in [0.3, 0.4) is 0 Å². The number of aliphatic hydroxyl groups excluding tert-OH is 1. The van der Waals surface area contributed by atoms with Gasteiger partial charge in [0.15, 0.2) is 0 Å². The van der Waals surface area contributed by atoms with Crippen LogP contribution in [-0.4, -0.2) is 30.8 Å². The Bertz CT molecular complexity index is 570. The Labute approximate surface area is 119 Å². The molecular weight excluding hydrogens is 252 g/mol. The van der Waals surface area contributed by atoms with E-state index in [0.29, 0.717) is 12.4 Å². The monoisotopic (exact) mass is 272 g/mol. The van der Waals surface area contributed by atoms with Crippen LogP contribution in [0.5, 0.6) is 5.75 Å². The molecule has 1 atom stereocenters. The van der Waals surface area contributed by atoms with Crippen molar-refractivity contribution in [1.29, 1.82) is 0 Å². The summed E-state index contributed by atoms with van der Waals surface area (Å²) in [6.07, 6.45) is 2.61. The molecule has 0 bridgehead atoms. The Balaban J connectivity index is 2.28. The van der Waals surface area contributed by atoms with Crippen LogP contribution in [0, 0.1) is 0 Å². The first-order valence-electron chi connectivity index (χ1n) is 6.65. The first kappa shape index (κ1) is 14.3. The minimum absolute atomic E-state index is 0.581. The summed E-state index contributed by atoms with van der Waals surface area (Å²) in [6.45, 7) is 2.50. The van der Waals surface area contributed by atoms with E-state index in [4.69, 9.17) is 4.74 Å². The lowest BCUT2D eigenvalue weighted by Gasteiger charge is -2.17. The van der Waals surface area contributed by atoms with Crippen LogP contribution < -0.4 is 9.64 Å². The summed E-state index contributed by atoms with van der Waals surface area (Å²) >= 11 is 0. The fourth-order valence-corrected chi connectivity index (χ4v) is 2.00. The molecule has 4 nitrogen and oxygen atoms in total. The standard InChI is InChI=1S/C16H20N2O2/c1-4-20-15-9-13(10-17-11-15)16(19)12-6-5-7-14(8-12)18(2)3/h5-11,16,19H,4H2,1-3H3. The summed E-state index contributed by atoms with van der Waals surface area (Å²) in [4.78, 5) is 6.12. The maximum atomic E-state index is 10.5. The normalized spacial score (nSPS) is 12.0. The summed E-state index contributed by atoms with van der Waals surface area (Å²) in [5.41, 5.74) is 2.62. The largest absolute Gasteiger partial charge is 0.492 e. The Morgan fingerprint density at radius 1 is 1.20 bits per heavy atom. The maximum Gasteiger partial charge on any atom is 0.137 e. The summed E-state index contributed by atoms with van der Waals surface area (Å²) in [5.74, 6) is 0.674. The zero-order valence-corrected chi connectivity index (χ0v) is 12.1. The quantitative estimate of drug-likeness (QED) is 0.909. The molecule has 2 aromatic rings. The molecule has 0 aliphatic carbocycles. The lowest BCUT2D eigenvalue weighted by Crippen LogP contribution is -2.09. The first-order valence-corrected chi connectivity index (χ1v) is 6.65. The summed E-state index contributed by atoms with van der Waals surface area (Å²) in [7, 11) is 3.95. The minimum atomic E-state index is -0.706. The van der Waals surface area contributed by atoms with Crippen LogP contribution in [0.15, 0.2) is 42.7 Å². The molecule has 0 fully saturated rings. The van der Waals surface area contributed by atoms with Gasteiger partial charge in [0, 0.05) is 31.5 Å². The number of ether oxygens (including phenoxy) is 1. The van der Waals surface area contributed by atoms with Crippen LogP contribution in [0.2, 0.25) is 0 Å². The number of hydrogen-bond donors (Lipinski definition) is 1. The fourth-order valence-electron chi connectivity index (χ4n) is 2.00. The van der Waals surface area contributed by atoms with E-state index in [1.807, 2.05) is 56.3 Å². The molecule has 1 unspecified atom stereocenters. The van der Waals surface area contributed by atoms with Gasteiger partial charge in [-0.2, -0.15) is 0 Å². The average Bonchev–Trinajstić information content (AvgIpc) is 2.47. The second-order valence-electron chi connectivity index (χ2n) is 4.78. The maximum absolute atomic E-state index is 10.5. The van der Waals surface area contributed by atoms with Crippen LogP contribution in [0.1, 0.15) is 24.2 Å². The predicted octanol–water partition coefficient (Wildman–Crippen LogP) is 2.63. The van der Waals surface area contributed by atoms with Gasteiger partial charge in [0.25, 0.3) is 0 Å². The van der Waals surface area contributed by atoms with Crippen molar-refractivity contribution < 1.29 is 9.84 Å². The summed E-state index contributed by atoms with van der Waals surface area (Å²) in [5, 5.41) is 10.5. The number of pyridine rings is 1. The van der Waals surface area contributed by atoms with Gasteiger partial charge in [-0.1, -0.05) is 12.1 Å². The van der Waals surface area contributed by atoms with Gasteiger partial charge in [-0.15, -0.1) is 0 Å². The van der Waals surface area contributed by atoms with Crippen LogP contribution in [0.4, 0.5) is 5.69 Å². The highest BCUT2D eigenvalue weighted by atomic mass is 16.5. The molecule has 0 saturated carbocycles. The third-order valence-corrected chi connectivity index (χ3v) is 3.06. The van der Waals surface area contributed by atoms with Crippen molar-refractivity contribution in [3.05, 3.63) is 53.9 Å². The topological polar surface area (TPSA) is 45.6 Å². The van der Waals surface area contributed by atoms with E-state index in [1.165, 1.54) is 0 Å². The molecular formula is C16H20N2O2. The van der Waals surface area contributed by atoms with Crippen molar-refractivity contribution in [2.45, 2.75) is 13.0 Å². The highest BCUT2D eigenvalue weighted by molar-refractivity contribution is 5.49. The second-order valence-corrected chi connectivity index (χ2v) is 4.78. The number of aromatic nitrogens is 1. The van der Waals surface area contributed by atoms with Gasteiger partial charge in [0.05, 0.1) is 12.8 Å². The van der Waals surface area contributed by atoms with Gasteiger partial charge < -0.3 is 14.7 Å². The van der Waals surface area contributed by atoms with E-state index in [2.05, 4.69) is 4.98 Å². The van der Waals surface area contributed by atoms with E-state index >= 15 is 0 Å². The van der Waals surface area contributed by atoms with E-state index < -0.39 is 6.10 Å². The lowest BCUT2D eigenvalue weighted by molar-refractivity contribution is 0.219. The number of benzene rings is 1. The molecule has 20 heavy (non-hydrogen) atoms. The average molecular weight is 272 g/mol. The Kier molecular flexibility index (Phi) is 4.58. The number of aliphatic hydroxyl groups is 1. The van der Waals surface area contributed by atoms with Crippen LogP contribution in [-0.2, 0) is 0 Å². The number of rotatable bonds is 5. The predicted molar refractivity (Wildman–Crippen MR) is 80.2 cm³/mol. The highest BCUT2D eigenvalue weighted by Gasteiger charge is 2.12. The highest BCUT2D eigenvalue weighted by Crippen LogP contribution is 2.26. The van der Waals surface area contributed by atoms with Crippen molar-refractivity contribution in [3.8, 4) is 5.75 Å². The van der Waals surface area contributed by atoms with E-state index in [1.54, 1.807) is 12.4 Å². The number of anilines is 1. The first-order chi connectivity index (χ1) is 9.61. The van der Waals surface area contributed by atoms with Gasteiger partial charge >= 0.3 is 0 Å². The van der Waals surface area contributed by atoms with Crippen molar-refractivity contribution in [3.63, 3.8) is 0 Å². The van der Waals surface area contributed by atoms with Crippen molar-refractivity contribution in [2.75, 3.05) is 25.6 Å². The Morgan fingerprint density at radius 2 is 2.00 bits per heavy atom. The van der Waals surface area contributed by atoms with Gasteiger partial charge in [0.1, 0.15) is 11.9 Å². The zero-order valence-electron chi connectivity index (χ0n) is 12.1. The van der Waals surface area contributed by atoms with Gasteiger partial charge in [-0.25, -0.2) is 0 Å². The molecule has 1 aromatic carbocycles. The fraction of sp³-hybridized carbons (Fsp3) is 0.312. The van der Waals surface area contributed by atoms with Crippen molar-refractivity contribution >= 4 is 5.69 Å². The molecule has 0 spiro atoms. The van der Waals surface area contributed by atoms with Crippen LogP contribution >= 0.6 is 0 Å². The Morgan fingerprint density at radius 3 is 2.70 bits per heavy atom. The van der Waals surface area contributed by atoms with Crippen LogP contribution in [0.25, 0.3) is 0 Å². The number of hydrogen-bond acceptors (Lipinski definition) is 4. The lowest BCUT2D eigenvalue weighted by atomic mass is 10.0. The van der Waals surface area contributed by atoms with Gasteiger partial charge in [-0.3, -0.25) is 4.98 Å². The molecule has 1 heterocycles. The van der Waals surface area contributed by atoms with Crippen molar-refractivity contribution in [1.82, 2.24) is 4.98 Å². The molecule has 4 heteroatoms. The van der Waals surface area contributed by atoms with E-state index in [0.717, 1.165) is 16.8 Å². The van der Waals surface area contributed by atoms with Gasteiger partial charge in [0.2, 0.25) is 0 Å². The SMILES string of the molecule is CCOc1cncc(C(O)c2cccc(N(C)C)c2)c1. The third-order valence-electron chi connectivity index (χ3n) is 3.06. The molecule has 0 saturated heterocycles. The Hall–Kier alpha value is -2.07. The summed E-state index contributed by atoms with van der Waals surface area (Å²) in [6, 6.07) is 9.64. The molecule has 0 aliphatic heterocycles. The van der Waals surface area contributed by atoms with Gasteiger partial charge in [-0.05, 0) is 30.7 Å². The molecule has 2 rings (SSSR count). The molecule has 1 N–H and O–H groups in total.